The molecular weight excluding hydrogens is 270 g/mol. The Morgan fingerprint density at radius 2 is 2.10 bits per heavy atom. The Bertz CT molecular complexity index is 525. The van der Waals surface area contributed by atoms with Gasteiger partial charge in [0.15, 0.2) is 11.6 Å². The maximum Gasteiger partial charge on any atom is 0.256 e. The highest BCUT2D eigenvalue weighted by atomic mass is 19.2. The molecule has 0 aliphatic carbocycles. The SMILES string of the molecule is CC1CN(C(=O)c2cc(F)c(F)cc2N)CC(CO)O1. The zero-order valence-corrected chi connectivity index (χ0v) is 11.0. The van der Waals surface area contributed by atoms with E-state index in [9.17, 15) is 13.6 Å². The van der Waals surface area contributed by atoms with Crippen LogP contribution in [0.3, 0.4) is 0 Å². The molecule has 5 nitrogen and oxygen atoms in total. The molecule has 1 aromatic carbocycles. The number of hydrogen-bond acceptors (Lipinski definition) is 4. The molecule has 3 N–H and O–H groups in total. The number of rotatable bonds is 2. The smallest absolute Gasteiger partial charge is 0.256 e. The Morgan fingerprint density at radius 3 is 2.75 bits per heavy atom. The van der Waals surface area contributed by atoms with Gasteiger partial charge in [-0.15, -0.1) is 0 Å². The van der Waals surface area contributed by atoms with Crippen molar-refractivity contribution < 1.29 is 23.4 Å². The summed E-state index contributed by atoms with van der Waals surface area (Å²) in [6.07, 6.45) is -0.745. The summed E-state index contributed by atoms with van der Waals surface area (Å²) in [6, 6.07) is 1.58. The van der Waals surface area contributed by atoms with E-state index in [2.05, 4.69) is 0 Å². The van der Waals surface area contributed by atoms with Crippen molar-refractivity contribution in [2.75, 3.05) is 25.4 Å². The lowest BCUT2D eigenvalue weighted by Gasteiger charge is -2.36. The summed E-state index contributed by atoms with van der Waals surface area (Å²) in [7, 11) is 0. The lowest BCUT2D eigenvalue weighted by Crippen LogP contribution is -2.50. The lowest BCUT2D eigenvalue weighted by atomic mass is 10.1. The standard InChI is InChI=1S/C13H16F2N2O3/c1-7-4-17(5-8(6-18)20-7)13(19)9-2-10(14)11(15)3-12(9)16/h2-3,7-8,18H,4-6,16H2,1H3. The first-order valence-corrected chi connectivity index (χ1v) is 6.22. The predicted molar refractivity (Wildman–Crippen MR) is 68.1 cm³/mol. The third kappa shape index (κ3) is 2.88. The number of morpholine rings is 1. The van der Waals surface area contributed by atoms with E-state index in [1.54, 1.807) is 6.92 Å². The Balaban J connectivity index is 2.24. The fourth-order valence-corrected chi connectivity index (χ4v) is 2.23. The van der Waals surface area contributed by atoms with Crippen LogP contribution in [-0.2, 0) is 4.74 Å². The van der Waals surface area contributed by atoms with E-state index in [0.29, 0.717) is 6.54 Å². The van der Waals surface area contributed by atoms with Crippen molar-refractivity contribution in [1.29, 1.82) is 0 Å². The number of nitrogens with zero attached hydrogens (tertiary/aromatic N) is 1. The number of anilines is 1. The number of amides is 1. The highest BCUT2D eigenvalue weighted by Crippen LogP contribution is 2.21. The predicted octanol–water partition coefficient (Wildman–Crippen LogP) is 0.769. The van der Waals surface area contributed by atoms with Crippen LogP contribution in [-0.4, -0.2) is 47.8 Å². The van der Waals surface area contributed by atoms with Crippen molar-refractivity contribution >= 4 is 11.6 Å². The Labute approximate surface area is 114 Å². The number of ether oxygens (including phenoxy) is 1. The van der Waals surface area contributed by atoms with Crippen LogP contribution in [0, 0.1) is 11.6 Å². The van der Waals surface area contributed by atoms with Crippen LogP contribution < -0.4 is 5.73 Å². The highest BCUT2D eigenvalue weighted by molar-refractivity contribution is 5.99. The first-order chi connectivity index (χ1) is 9.42. The van der Waals surface area contributed by atoms with E-state index in [1.165, 1.54) is 4.90 Å². The quantitative estimate of drug-likeness (QED) is 0.787. The summed E-state index contributed by atoms with van der Waals surface area (Å²) in [5.74, 6) is -2.72. The number of aliphatic hydroxyl groups excluding tert-OH is 1. The van der Waals surface area contributed by atoms with Crippen molar-refractivity contribution in [2.45, 2.75) is 19.1 Å². The maximum atomic E-state index is 13.2. The van der Waals surface area contributed by atoms with Gasteiger partial charge in [0.25, 0.3) is 5.91 Å². The Hall–Kier alpha value is -1.73. The average molecular weight is 286 g/mol. The summed E-state index contributed by atoms with van der Waals surface area (Å²) in [5.41, 5.74) is 5.36. The Morgan fingerprint density at radius 1 is 1.45 bits per heavy atom. The molecule has 0 saturated carbocycles. The van der Waals surface area contributed by atoms with Gasteiger partial charge in [0.1, 0.15) is 0 Å². The third-order valence-corrected chi connectivity index (χ3v) is 3.14. The fourth-order valence-electron chi connectivity index (χ4n) is 2.23. The largest absolute Gasteiger partial charge is 0.398 e. The van der Waals surface area contributed by atoms with Gasteiger partial charge in [-0.3, -0.25) is 4.79 Å². The number of carbonyl (C=O) groups excluding carboxylic acids is 1. The Kier molecular flexibility index (Phi) is 4.20. The van der Waals surface area contributed by atoms with Gasteiger partial charge in [-0.05, 0) is 13.0 Å². The van der Waals surface area contributed by atoms with Crippen molar-refractivity contribution in [3.63, 3.8) is 0 Å². The summed E-state index contributed by atoms with van der Waals surface area (Å²) >= 11 is 0. The zero-order chi connectivity index (χ0) is 14.9. The van der Waals surface area contributed by atoms with Crippen molar-refractivity contribution in [3.8, 4) is 0 Å². The molecule has 1 heterocycles. The molecule has 1 saturated heterocycles. The van der Waals surface area contributed by atoms with Gasteiger partial charge < -0.3 is 20.5 Å². The molecule has 1 aromatic rings. The van der Waals surface area contributed by atoms with Gasteiger partial charge in [0.05, 0.1) is 24.4 Å². The summed E-state index contributed by atoms with van der Waals surface area (Å²) in [6.45, 7) is 2.02. The van der Waals surface area contributed by atoms with E-state index in [4.69, 9.17) is 15.6 Å². The molecule has 2 unspecified atom stereocenters. The van der Waals surface area contributed by atoms with Gasteiger partial charge in [0.2, 0.25) is 0 Å². The van der Waals surface area contributed by atoms with Crippen molar-refractivity contribution in [2.24, 2.45) is 0 Å². The topological polar surface area (TPSA) is 75.8 Å². The molecule has 1 fully saturated rings. The molecule has 2 atom stereocenters. The molecule has 1 aliphatic heterocycles. The van der Waals surface area contributed by atoms with E-state index in [-0.39, 0.29) is 30.5 Å². The molecule has 0 bridgehead atoms. The van der Waals surface area contributed by atoms with E-state index < -0.39 is 23.6 Å². The van der Waals surface area contributed by atoms with E-state index in [1.807, 2.05) is 0 Å². The normalized spacial score (nSPS) is 22.9. The summed E-state index contributed by atoms with van der Waals surface area (Å²) in [4.78, 5) is 13.7. The molecule has 7 heteroatoms. The van der Waals surface area contributed by atoms with Gasteiger partial charge in [-0.25, -0.2) is 8.78 Å². The zero-order valence-electron chi connectivity index (χ0n) is 11.0. The lowest BCUT2D eigenvalue weighted by molar-refractivity contribution is -0.0858. The molecule has 0 radical (unpaired) electrons. The molecule has 20 heavy (non-hydrogen) atoms. The maximum absolute atomic E-state index is 13.2. The van der Waals surface area contributed by atoms with E-state index in [0.717, 1.165) is 12.1 Å². The van der Waals surface area contributed by atoms with Crippen LogP contribution in [0.2, 0.25) is 0 Å². The van der Waals surface area contributed by atoms with Crippen molar-refractivity contribution in [1.82, 2.24) is 4.90 Å². The summed E-state index contributed by atoms with van der Waals surface area (Å²) in [5, 5.41) is 9.12. The van der Waals surface area contributed by atoms with E-state index >= 15 is 0 Å². The van der Waals surface area contributed by atoms with Crippen LogP contribution in [0.4, 0.5) is 14.5 Å². The van der Waals surface area contributed by atoms with Gasteiger partial charge >= 0.3 is 0 Å². The van der Waals surface area contributed by atoms with Crippen LogP contribution in [0.5, 0.6) is 0 Å². The third-order valence-electron chi connectivity index (χ3n) is 3.14. The minimum atomic E-state index is -1.12. The molecule has 110 valence electrons. The number of hydrogen-bond donors (Lipinski definition) is 2. The first kappa shape index (κ1) is 14.7. The summed E-state index contributed by atoms with van der Waals surface area (Å²) < 4.78 is 31.7. The average Bonchev–Trinajstić information content (AvgIpc) is 2.41. The second-order valence-corrected chi connectivity index (χ2v) is 4.81. The molecule has 2 rings (SSSR count). The molecule has 1 amide bonds. The number of halogens is 2. The van der Waals surface area contributed by atoms with Gasteiger partial charge in [0, 0.05) is 24.8 Å². The monoisotopic (exact) mass is 286 g/mol. The number of carbonyl (C=O) groups is 1. The van der Waals surface area contributed by atoms with Crippen LogP contribution in [0.15, 0.2) is 12.1 Å². The van der Waals surface area contributed by atoms with Crippen LogP contribution >= 0.6 is 0 Å². The van der Waals surface area contributed by atoms with Gasteiger partial charge in [-0.1, -0.05) is 0 Å². The molecule has 0 aromatic heterocycles. The second-order valence-electron chi connectivity index (χ2n) is 4.81. The van der Waals surface area contributed by atoms with Crippen LogP contribution in [0.25, 0.3) is 0 Å². The molecule has 1 aliphatic rings. The number of nitrogens with two attached hydrogens (primary N) is 1. The second kappa shape index (κ2) is 5.72. The van der Waals surface area contributed by atoms with Crippen molar-refractivity contribution in [3.05, 3.63) is 29.3 Å². The van der Waals surface area contributed by atoms with Gasteiger partial charge in [-0.2, -0.15) is 0 Å². The molecule has 0 spiro atoms. The number of benzene rings is 1. The fraction of sp³-hybridized carbons (Fsp3) is 0.462. The minimum absolute atomic E-state index is 0.0883. The van der Waals surface area contributed by atoms with Crippen LogP contribution in [0.1, 0.15) is 17.3 Å². The number of nitrogen functional groups attached to an aromatic ring is 1. The molecular formula is C13H16F2N2O3. The first-order valence-electron chi connectivity index (χ1n) is 6.22. The minimum Gasteiger partial charge on any atom is -0.398 e. The highest BCUT2D eigenvalue weighted by Gasteiger charge is 2.29. The number of aliphatic hydroxyl groups is 1.